The lowest BCUT2D eigenvalue weighted by Gasteiger charge is -2.11. The van der Waals surface area contributed by atoms with Gasteiger partial charge in [-0.1, -0.05) is 11.6 Å². The largest absolute Gasteiger partial charge is 0.550 e. The summed E-state index contributed by atoms with van der Waals surface area (Å²) in [5, 5.41) is 24.9. The van der Waals surface area contributed by atoms with Crippen molar-refractivity contribution in [1.82, 2.24) is 5.43 Å². The molecule has 0 atom stereocenters. The van der Waals surface area contributed by atoms with Crippen LogP contribution in [0.15, 0.2) is 41.5 Å². The highest BCUT2D eigenvalue weighted by Crippen LogP contribution is 2.22. The highest BCUT2D eigenvalue weighted by Gasteiger charge is 2.12. The van der Waals surface area contributed by atoms with E-state index >= 15 is 0 Å². The lowest BCUT2D eigenvalue weighted by atomic mass is 10.0. The number of rotatable bonds is 6. The van der Waals surface area contributed by atoms with Crippen LogP contribution in [0, 0.1) is 0 Å². The van der Waals surface area contributed by atoms with Gasteiger partial charge in [-0.15, -0.1) is 0 Å². The van der Waals surface area contributed by atoms with Gasteiger partial charge in [0.2, 0.25) is 0 Å². The number of carbonyl (C=O) groups is 2. The van der Waals surface area contributed by atoms with E-state index in [1.165, 1.54) is 25.3 Å². The Balaban J connectivity index is 2.22. The van der Waals surface area contributed by atoms with E-state index in [0.29, 0.717) is 27.6 Å². The molecule has 136 valence electrons. The molecule has 0 fully saturated rings. The predicted octanol–water partition coefficient (Wildman–Crippen LogP) is 1.50. The van der Waals surface area contributed by atoms with Gasteiger partial charge in [-0.25, -0.2) is 5.43 Å². The molecule has 1 amide bonds. The monoisotopic (exact) mass is 375 g/mol. The van der Waals surface area contributed by atoms with Gasteiger partial charge in [0.1, 0.15) is 11.5 Å². The minimum absolute atomic E-state index is 0.0126. The minimum atomic E-state index is -1.24. The number of carboxylic acid groups (broad SMARTS) is 1. The summed E-state index contributed by atoms with van der Waals surface area (Å²) in [5.41, 5.74) is 3.77. The molecule has 0 aliphatic carbocycles. The molecule has 0 heterocycles. The summed E-state index contributed by atoms with van der Waals surface area (Å²) in [6.45, 7) is 1.64. The van der Waals surface area contributed by atoms with Gasteiger partial charge in [0.05, 0.1) is 18.4 Å². The molecule has 0 aliphatic heterocycles. The van der Waals surface area contributed by atoms with Gasteiger partial charge in [-0.2, -0.15) is 5.10 Å². The van der Waals surface area contributed by atoms with E-state index in [-0.39, 0.29) is 17.7 Å². The second-order valence-corrected chi connectivity index (χ2v) is 5.81. The third-order valence-electron chi connectivity index (χ3n) is 3.56. The van der Waals surface area contributed by atoms with Gasteiger partial charge >= 0.3 is 0 Å². The quantitative estimate of drug-likeness (QED) is 0.587. The number of methoxy groups -OCH3 is 1. The smallest absolute Gasteiger partial charge is 0.275 e. The first-order valence-corrected chi connectivity index (χ1v) is 7.90. The number of nitrogens with one attached hydrogen (secondary N) is 1. The molecule has 0 spiro atoms. The Hall–Kier alpha value is -3.06. The molecule has 0 saturated carbocycles. The van der Waals surface area contributed by atoms with Gasteiger partial charge in [-0.05, 0) is 48.9 Å². The summed E-state index contributed by atoms with van der Waals surface area (Å²) in [6.07, 6.45) is -0.312. The van der Waals surface area contributed by atoms with Crippen LogP contribution in [-0.4, -0.2) is 29.8 Å². The summed E-state index contributed by atoms with van der Waals surface area (Å²) in [5.74, 6) is -1.67. The fourth-order valence-electron chi connectivity index (χ4n) is 2.25. The standard InChI is InChI=1S/C18H17ClN2O5/c1-10(11-3-6-16(26-2)12(7-11)8-17(23)24)20-21-18(25)14-9-13(19)4-5-15(14)22/h3-7,9,22H,8H2,1-2H3,(H,21,25)(H,23,24)/p-1/b20-10-. The molecule has 0 radical (unpaired) electrons. The maximum atomic E-state index is 12.1. The number of phenolic OH excluding ortho intramolecular Hbond substituents is 1. The van der Waals surface area contributed by atoms with E-state index in [1.54, 1.807) is 25.1 Å². The van der Waals surface area contributed by atoms with Gasteiger partial charge in [0.25, 0.3) is 5.91 Å². The summed E-state index contributed by atoms with van der Waals surface area (Å²) < 4.78 is 5.12. The number of nitrogens with zero attached hydrogens (tertiary/aromatic N) is 1. The zero-order chi connectivity index (χ0) is 19.3. The molecule has 26 heavy (non-hydrogen) atoms. The predicted molar refractivity (Wildman–Crippen MR) is 94.5 cm³/mol. The molecule has 0 saturated heterocycles. The molecule has 0 aromatic heterocycles. The first kappa shape index (κ1) is 19.3. The third-order valence-corrected chi connectivity index (χ3v) is 3.80. The van der Waals surface area contributed by atoms with Crippen LogP contribution in [0.25, 0.3) is 0 Å². The van der Waals surface area contributed by atoms with Gasteiger partial charge in [0, 0.05) is 23.0 Å². The van der Waals surface area contributed by atoms with E-state index < -0.39 is 11.9 Å². The van der Waals surface area contributed by atoms with Crippen LogP contribution in [0.1, 0.15) is 28.4 Å². The Kier molecular flexibility index (Phi) is 6.19. The second kappa shape index (κ2) is 8.35. The van der Waals surface area contributed by atoms with E-state index in [2.05, 4.69) is 10.5 Å². The third kappa shape index (κ3) is 4.73. The Morgan fingerprint density at radius 1 is 1.27 bits per heavy atom. The molecule has 7 nitrogen and oxygen atoms in total. The highest BCUT2D eigenvalue weighted by molar-refractivity contribution is 6.31. The van der Waals surface area contributed by atoms with E-state index in [4.69, 9.17) is 16.3 Å². The summed E-state index contributed by atoms with van der Waals surface area (Å²) in [4.78, 5) is 23.0. The van der Waals surface area contributed by atoms with Crippen molar-refractivity contribution in [3.05, 3.63) is 58.1 Å². The SMILES string of the molecule is COc1ccc(/C(C)=N\NC(=O)c2cc(Cl)ccc2O)cc1CC(=O)[O-]. The van der Waals surface area contributed by atoms with Crippen molar-refractivity contribution in [3.8, 4) is 11.5 Å². The number of carboxylic acids is 1. The van der Waals surface area contributed by atoms with Crippen molar-refractivity contribution in [3.63, 3.8) is 0 Å². The number of halogens is 1. The zero-order valence-corrected chi connectivity index (χ0v) is 14.8. The normalized spacial score (nSPS) is 11.1. The Bertz CT molecular complexity index is 880. The first-order valence-electron chi connectivity index (χ1n) is 7.52. The first-order chi connectivity index (χ1) is 12.3. The number of hydrogen-bond donors (Lipinski definition) is 2. The van der Waals surface area contributed by atoms with Crippen LogP contribution in [-0.2, 0) is 11.2 Å². The molecule has 0 bridgehead atoms. The maximum absolute atomic E-state index is 12.1. The average Bonchev–Trinajstić information content (AvgIpc) is 2.60. The number of aliphatic carboxylic acids is 1. The maximum Gasteiger partial charge on any atom is 0.275 e. The lowest BCUT2D eigenvalue weighted by Crippen LogP contribution is -2.24. The van der Waals surface area contributed by atoms with Crippen LogP contribution < -0.4 is 15.3 Å². The van der Waals surface area contributed by atoms with Crippen molar-refractivity contribution in [2.24, 2.45) is 5.10 Å². The van der Waals surface area contributed by atoms with Gasteiger partial charge in [0.15, 0.2) is 0 Å². The van der Waals surface area contributed by atoms with Crippen LogP contribution >= 0.6 is 11.6 Å². The number of ether oxygens (including phenoxy) is 1. The fourth-order valence-corrected chi connectivity index (χ4v) is 2.42. The number of phenols is 1. The van der Waals surface area contributed by atoms with Crippen molar-refractivity contribution in [1.29, 1.82) is 0 Å². The van der Waals surface area contributed by atoms with Crippen LogP contribution in [0.3, 0.4) is 0 Å². The molecule has 2 aromatic rings. The van der Waals surface area contributed by atoms with Gasteiger partial charge in [-0.3, -0.25) is 4.79 Å². The second-order valence-electron chi connectivity index (χ2n) is 5.38. The number of aromatic hydroxyl groups is 1. The number of amides is 1. The van der Waals surface area contributed by atoms with E-state index in [1.807, 2.05) is 0 Å². The minimum Gasteiger partial charge on any atom is -0.550 e. The molecule has 8 heteroatoms. The fraction of sp³-hybridized carbons (Fsp3) is 0.167. The van der Waals surface area contributed by atoms with Gasteiger partial charge < -0.3 is 19.7 Å². The summed E-state index contributed by atoms with van der Waals surface area (Å²) in [7, 11) is 1.44. The summed E-state index contributed by atoms with van der Waals surface area (Å²) in [6, 6.07) is 8.97. The lowest BCUT2D eigenvalue weighted by molar-refractivity contribution is -0.304. The Morgan fingerprint density at radius 2 is 2.00 bits per heavy atom. The number of hydrazone groups is 1. The van der Waals surface area contributed by atoms with E-state index in [0.717, 1.165) is 0 Å². The molecular weight excluding hydrogens is 360 g/mol. The number of hydrogen-bond acceptors (Lipinski definition) is 6. The topological polar surface area (TPSA) is 111 Å². The van der Waals surface area contributed by atoms with Crippen molar-refractivity contribution >= 4 is 29.2 Å². The van der Waals surface area contributed by atoms with Crippen LogP contribution in [0.5, 0.6) is 11.5 Å². The Labute approximate surface area is 154 Å². The highest BCUT2D eigenvalue weighted by atomic mass is 35.5. The van der Waals surface area contributed by atoms with Crippen molar-refractivity contribution in [2.75, 3.05) is 7.11 Å². The molecule has 0 aliphatic rings. The molecular formula is C18H16ClN2O5-. The van der Waals surface area contributed by atoms with Crippen molar-refractivity contribution < 1.29 is 24.5 Å². The van der Waals surface area contributed by atoms with Crippen molar-refractivity contribution in [2.45, 2.75) is 13.3 Å². The average molecular weight is 376 g/mol. The summed E-state index contributed by atoms with van der Waals surface area (Å²) >= 11 is 5.82. The molecule has 2 N–H and O–H groups in total. The van der Waals surface area contributed by atoms with Crippen LogP contribution in [0.4, 0.5) is 0 Å². The Morgan fingerprint density at radius 3 is 2.65 bits per heavy atom. The zero-order valence-electron chi connectivity index (χ0n) is 14.1. The molecule has 0 unspecified atom stereocenters. The molecule has 2 rings (SSSR count). The molecule has 2 aromatic carbocycles. The number of benzene rings is 2. The van der Waals surface area contributed by atoms with Crippen LogP contribution in [0.2, 0.25) is 5.02 Å². The number of carbonyl (C=O) groups excluding carboxylic acids is 2. The van der Waals surface area contributed by atoms with E-state index in [9.17, 15) is 19.8 Å².